The Morgan fingerprint density at radius 3 is 2.84 bits per heavy atom. The summed E-state index contributed by atoms with van der Waals surface area (Å²) in [6.07, 6.45) is 6.15. The zero-order valence-corrected chi connectivity index (χ0v) is 13.0. The first-order chi connectivity index (χ1) is 9.24. The van der Waals surface area contributed by atoms with Gasteiger partial charge in [-0.05, 0) is 59.9 Å². The number of rotatable bonds is 2. The Morgan fingerprint density at radius 1 is 1.26 bits per heavy atom. The van der Waals surface area contributed by atoms with Crippen molar-refractivity contribution < 1.29 is 4.79 Å². The van der Waals surface area contributed by atoms with Crippen molar-refractivity contribution in [2.24, 2.45) is 5.92 Å². The lowest BCUT2D eigenvalue weighted by molar-refractivity contribution is -0.117. The van der Waals surface area contributed by atoms with E-state index in [1.165, 1.54) is 25.7 Å². The number of nitrogens with one attached hydrogen (secondary N) is 2. The molecule has 19 heavy (non-hydrogen) atoms. The number of fused-ring (bicyclic) bond motifs is 1. The monoisotopic (exact) mass is 370 g/mol. The molecule has 0 aromatic heterocycles. The van der Waals surface area contributed by atoms with Crippen LogP contribution in [0.2, 0.25) is 0 Å². The minimum atomic E-state index is -0.0101. The third kappa shape index (κ3) is 2.94. The molecule has 1 aliphatic carbocycles. The van der Waals surface area contributed by atoms with Gasteiger partial charge < -0.3 is 10.6 Å². The van der Waals surface area contributed by atoms with Crippen molar-refractivity contribution in [1.82, 2.24) is 5.32 Å². The third-order valence-corrected chi connectivity index (χ3v) is 5.25. The van der Waals surface area contributed by atoms with Gasteiger partial charge in [-0.3, -0.25) is 4.79 Å². The third-order valence-electron chi connectivity index (χ3n) is 4.31. The lowest BCUT2D eigenvalue weighted by atomic mass is 9.85. The van der Waals surface area contributed by atoms with E-state index in [1.807, 2.05) is 24.3 Å². The second kappa shape index (κ2) is 5.79. The van der Waals surface area contributed by atoms with Gasteiger partial charge in [0.05, 0.1) is 11.7 Å². The number of hydrogen-bond acceptors (Lipinski definition) is 2. The number of amides is 1. The zero-order chi connectivity index (χ0) is 13.2. The van der Waals surface area contributed by atoms with E-state index < -0.39 is 0 Å². The summed E-state index contributed by atoms with van der Waals surface area (Å²) in [5.41, 5.74) is 0.921. The molecule has 1 heterocycles. The summed E-state index contributed by atoms with van der Waals surface area (Å²) in [7, 11) is 0. The second-order valence-electron chi connectivity index (χ2n) is 5.58. The molecule has 1 saturated carbocycles. The van der Waals surface area contributed by atoms with E-state index in [9.17, 15) is 4.79 Å². The molecular formula is C15H19IN2O. The fourth-order valence-corrected chi connectivity index (χ4v) is 3.83. The van der Waals surface area contributed by atoms with Gasteiger partial charge in [0, 0.05) is 9.61 Å². The molecule has 3 nitrogen and oxygen atoms in total. The van der Waals surface area contributed by atoms with Crippen LogP contribution in [0.5, 0.6) is 0 Å². The van der Waals surface area contributed by atoms with Crippen LogP contribution >= 0.6 is 22.6 Å². The van der Waals surface area contributed by atoms with Crippen molar-refractivity contribution in [3.05, 3.63) is 27.8 Å². The quantitative estimate of drug-likeness (QED) is 0.786. The number of para-hydroxylation sites is 1. The van der Waals surface area contributed by atoms with Gasteiger partial charge in [-0.25, -0.2) is 0 Å². The smallest absolute Gasteiger partial charge is 0.241 e. The molecule has 4 heteroatoms. The molecule has 2 aliphatic rings. The Morgan fingerprint density at radius 2 is 2.05 bits per heavy atom. The van der Waals surface area contributed by atoms with E-state index in [1.54, 1.807) is 0 Å². The summed E-state index contributed by atoms with van der Waals surface area (Å²) in [5, 5.41) is 6.57. The van der Waals surface area contributed by atoms with Crippen LogP contribution in [-0.2, 0) is 4.79 Å². The molecule has 3 rings (SSSR count). The summed E-state index contributed by atoms with van der Waals surface area (Å²) in [6, 6.07) is 8.47. The Balaban J connectivity index is 1.64. The lowest BCUT2D eigenvalue weighted by Gasteiger charge is -2.24. The number of carbonyl (C=O) groups is 1. The molecule has 2 fully saturated rings. The first-order valence-electron chi connectivity index (χ1n) is 7.05. The first kappa shape index (κ1) is 13.4. The lowest BCUT2D eigenvalue weighted by Crippen LogP contribution is -2.40. The molecule has 1 saturated heterocycles. The number of hydrogen-bond donors (Lipinski definition) is 2. The van der Waals surface area contributed by atoms with Gasteiger partial charge in [-0.2, -0.15) is 0 Å². The highest BCUT2D eigenvalue weighted by Gasteiger charge is 2.38. The van der Waals surface area contributed by atoms with Crippen molar-refractivity contribution in [2.75, 3.05) is 5.32 Å². The second-order valence-corrected chi connectivity index (χ2v) is 6.74. The summed E-state index contributed by atoms with van der Waals surface area (Å²) >= 11 is 2.25. The van der Waals surface area contributed by atoms with E-state index in [-0.39, 0.29) is 11.9 Å². The summed E-state index contributed by atoms with van der Waals surface area (Å²) in [6.45, 7) is 0. The van der Waals surface area contributed by atoms with Crippen LogP contribution in [0.15, 0.2) is 24.3 Å². The normalized spacial score (nSPS) is 29.8. The maximum atomic E-state index is 12.3. The summed E-state index contributed by atoms with van der Waals surface area (Å²) < 4.78 is 1.09. The molecule has 0 spiro atoms. The van der Waals surface area contributed by atoms with Crippen molar-refractivity contribution in [2.45, 2.75) is 44.2 Å². The predicted molar refractivity (Wildman–Crippen MR) is 85.1 cm³/mol. The highest BCUT2D eigenvalue weighted by molar-refractivity contribution is 14.1. The molecular weight excluding hydrogens is 351 g/mol. The van der Waals surface area contributed by atoms with E-state index in [2.05, 4.69) is 33.2 Å². The molecule has 0 bridgehead atoms. The van der Waals surface area contributed by atoms with Crippen molar-refractivity contribution in [3.63, 3.8) is 0 Å². The molecule has 0 radical (unpaired) electrons. The maximum absolute atomic E-state index is 12.3. The fourth-order valence-electron chi connectivity index (χ4n) is 3.30. The van der Waals surface area contributed by atoms with Crippen LogP contribution in [-0.4, -0.2) is 18.0 Å². The van der Waals surface area contributed by atoms with E-state index >= 15 is 0 Å². The zero-order valence-electron chi connectivity index (χ0n) is 10.9. The fraction of sp³-hybridized carbons (Fsp3) is 0.533. The Labute approximate surface area is 127 Å². The number of halogens is 1. The highest BCUT2D eigenvalue weighted by Crippen LogP contribution is 2.33. The van der Waals surface area contributed by atoms with Gasteiger partial charge in [0.15, 0.2) is 0 Å². The molecule has 1 amide bonds. The Kier molecular flexibility index (Phi) is 4.07. The molecule has 1 aliphatic heterocycles. The van der Waals surface area contributed by atoms with Crippen molar-refractivity contribution in [3.8, 4) is 0 Å². The average molecular weight is 370 g/mol. The van der Waals surface area contributed by atoms with E-state index in [0.29, 0.717) is 12.0 Å². The van der Waals surface area contributed by atoms with E-state index in [0.717, 1.165) is 15.7 Å². The maximum Gasteiger partial charge on any atom is 0.241 e. The van der Waals surface area contributed by atoms with Crippen LogP contribution in [0, 0.1) is 9.49 Å². The minimum absolute atomic E-state index is 0.0101. The standard InChI is InChI=1S/C15H19IN2O/c16-11-6-2-4-8-13(11)18-15(19)14-9-10-5-1-3-7-12(10)17-14/h2,4,6,8,10,12,14,17H,1,3,5,7,9H2,(H,18,19). The van der Waals surface area contributed by atoms with Crippen LogP contribution < -0.4 is 10.6 Å². The first-order valence-corrected chi connectivity index (χ1v) is 8.13. The van der Waals surface area contributed by atoms with Crippen LogP contribution in [0.4, 0.5) is 5.69 Å². The molecule has 1 aromatic carbocycles. The van der Waals surface area contributed by atoms with Gasteiger partial charge in [0.25, 0.3) is 0 Å². The van der Waals surface area contributed by atoms with Crippen molar-refractivity contribution >= 4 is 34.2 Å². The molecule has 3 atom stereocenters. The summed E-state index contributed by atoms with van der Waals surface area (Å²) in [4.78, 5) is 12.3. The van der Waals surface area contributed by atoms with Crippen LogP contribution in [0.25, 0.3) is 0 Å². The average Bonchev–Trinajstić information content (AvgIpc) is 2.85. The van der Waals surface area contributed by atoms with Gasteiger partial charge in [-0.1, -0.05) is 25.0 Å². The van der Waals surface area contributed by atoms with Gasteiger partial charge in [0.1, 0.15) is 0 Å². The molecule has 102 valence electrons. The number of carbonyl (C=O) groups excluding carboxylic acids is 1. The molecule has 2 N–H and O–H groups in total. The summed E-state index contributed by atoms with van der Waals surface area (Å²) in [5.74, 6) is 0.831. The number of benzene rings is 1. The molecule has 3 unspecified atom stereocenters. The largest absolute Gasteiger partial charge is 0.324 e. The Hall–Kier alpha value is -0.620. The van der Waals surface area contributed by atoms with E-state index in [4.69, 9.17) is 0 Å². The minimum Gasteiger partial charge on any atom is -0.324 e. The Bertz CT molecular complexity index is 463. The topological polar surface area (TPSA) is 41.1 Å². The van der Waals surface area contributed by atoms with Gasteiger partial charge in [0.2, 0.25) is 5.91 Å². The van der Waals surface area contributed by atoms with Crippen LogP contribution in [0.3, 0.4) is 0 Å². The molecule has 1 aromatic rings. The highest BCUT2D eigenvalue weighted by atomic mass is 127. The van der Waals surface area contributed by atoms with Crippen molar-refractivity contribution in [1.29, 1.82) is 0 Å². The van der Waals surface area contributed by atoms with Gasteiger partial charge >= 0.3 is 0 Å². The van der Waals surface area contributed by atoms with Gasteiger partial charge in [-0.15, -0.1) is 0 Å². The SMILES string of the molecule is O=C(Nc1ccccc1I)C1CC2CCCCC2N1. The number of anilines is 1. The predicted octanol–water partition coefficient (Wildman–Crippen LogP) is 3.15. The van der Waals surface area contributed by atoms with Crippen LogP contribution in [0.1, 0.15) is 32.1 Å².